The molecule has 0 aliphatic heterocycles. The third kappa shape index (κ3) is 4.47. The number of carbonyl (C=O) groups excluding carboxylic acids is 1. The van der Waals surface area contributed by atoms with Gasteiger partial charge in [0.15, 0.2) is 5.76 Å². The van der Waals surface area contributed by atoms with E-state index in [9.17, 15) is 14.9 Å². The van der Waals surface area contributed by atoms with Gasteiger partial charge in [-0.05, 0) is 48.5 Å². The first-order valence-corrected chi connectivity index (χ1v) is 10.4. The van der Waals surface area contributed by atoms with Crippen LogP contribution < -0.4 is 9.75 Å². The molecule has 4 aromatic rings. The second-order valence-electron chi connectivity index (χ2n) is 6.13. The molecule has 4 rings (SSSR count). The van der Waals surface area contributed by atoms with Gasteiger partial charge in [-0.3, -0.25) is 14.9 Å². The number of rotatable bonds is 6. The maximum Gasteiger partial charge on any atom is 0.433 e. The molecule has 2 heterocycles. The van der Waals surface area contributed by atoms with Crippen LogP contribution >= 0.6 is 27.3 Å². The van der Waals surface area contributed by atoms with Crippen LogP contribution in [0, 0.1) is 10.1 Å². The Labute approximate surface area is 187 Å². The monoisotopic (exact) mass is 500 g/mol. The lowest BCUT2D eigenvalue weighted by molar-refractivity contribution is -0.402. The molecule has 0 aliphatic rings. The Morgan fingerprint density at radius 2 is 2.03 bits per heavy atom. The fraction of sp³-hybridized carbons (Fsp3) is 0.0500. The topological polar surface area (TPSA) is 111 Å². The minimum Gasteiger partial charge on any atom is -0.497 e. The Bertz CT molecular complexity index is 1300. The number of fused-ring (bicyclic) bond motifs is 1. The van der Waals surface area contributed by atoms with E-state index in [1.807, 2.05) is 18.2 Å². The fourth-order valence-electron chi connectivity index (χ4n) is 2.65. The van der Waals surface area contributed by atoms with E-state index in [0.717, 1.165) is 14.2 Å². The van der Waals surface area contributed by atoms with Crippen molar-refractivity contribution in [3.63, 3.8) is 0 Å². The first-order chi connectivity index (χ1) is 14.9. The smallest absolute Gasteiger partial charge is 0.433 e. The summed E-state index contributed by atoms with van der Waals surface area (Å²) in [5.74, 6) is -0.111. The lowest BCUT2D eigenvalue weighted by atomic mass is 10.2. The zero-order valence-electron chi connectivity index (χ0n) is 15.9. The molecule has 0 spiro atoms. The molecular formula is C20H13BrN4O5S. The van der Waals surface area contributed by atoms with Crippen LogP contribution in [0.25, 0.3) is 10.2 Å². The summed E-state index contributed by atoms with van der Waals surface area (Å²) >= 11 is 4.70. The summed E-state index contributed by atoms with van der Waals surface area (Å²) in [5, 5.41) is 16.5. The second kappa shape index (κ2) is 8.66. The highest BCUT2D eigenvalue weighted by Gasteiger charge is 2.22. The molecule has 0 unspecified atom stereocenters. The van der Waals surface area contributed by atoms with Gasteiger partial charge in [0.25, 0.3) is 5.91 Å². The lowest BCUT2D eigenvalue weighted by Crippen LogP contribution is -2.25. The van der Waals surface area contributed by atoms with Gasteiger partial charge in [-0.15, -0.1) is 0 Å². The molecule has 0 fully saturated rings. The number of anilines is 1. The molecular weight excluding hydrogens is 488 g/mol. The number of thiazole rings is 1. The Kier molecular flexibility index (Phi) is 5.78. The van der Waals surface area contributed by atoms with Crippen LogP contribution in [0.15, 0.2) is 68.6 Å². The van der Waals surface area contributed by atoms with Crippen LogP contribution in [0.2, 0.25) is 0 Å². The van der Waals surface area contributed by atoms with E-state index in [0.29, 0.717) is 22.0 Å². The van der Waals surface area contributed by atoms with Crippen molar-refractivity contribution in [1.29, 1.82) is 0 Å². The standard InChI is InChI=1S/C20H13BrN4O5S/c1-29-14-5-2-12(3-6-14)19(26)24(22-11-15-7-9-18(30-15)25(27)28)20-23-16-8-4-13(21)10-17(16)31-20/h2-11H,1H3/b22-11+. The summed E-state index contributed by atoms with van der Waals surface area (Å²) in [7, 11) is 1.54. The van der Waals surface area contributed by atoms with E-state index in [-0.39, 0.29) is 5.76 Å². The van der Waals surface area contributed by atoms with Gasteiger partial charge in [0.2, 0.25) is 5.13 Å². The summed E-state index contributed by atoms with van der Waals surface area (Å²) in [6.45, 7) is 0. The van der Waals surface area contributed by atoms with Crippen molar-refractivity contribution >= 4 is 60.6 Å². The normalized spacial score (nSPS) is 11.2. The summed E-state index contributed by atoms with van der Waals surface area (Å²) < 4.78 is 12.0. The molecule has 2 aromatic heterocycles. The number of benzene rings is 2. The number of aromatic nitrogens is 1. The zero-order chi connectivity index (χ0) is 22.0. The molecule has 31 heavy (non-hydrogen) atoms. The number of nitro groups is 1. The number of nitrogens with zero attached hydrogens (tertiary/aromatic N) is 4. The number of hydrazone groups is 1. The molecule has 0 radical (unpaired) electrons. The van der Waals surface area contributed by atoms with E-state index in [4.69, 9.17) is 9.15 Å². The predicted molar refractivity (Wildman–Crippen MR) is 120 cm³/mol. The number of furan rings is 1. The third-order valence-corrected chi connectivity index (χ3v) is 5.63. The fourth-order valence-corrected chi connectivity index (χ4v) is 4.12. The maximum absolute atomic E-state index is 13.2. The van der Waals surface area contributed by atoms with Gasteiger partial charge in [-0.1, -0.05) is 27.3 Å². The summed E-state index contributed by atoms with van der Waals surface area (Å²) in [6, 6.07) is 14.8. The SMILES string of the molecule is COc1ccc(C(=O)N(/N=C/c2ccc([N+](=O)[O-])o2)c2nc3ccc(Br)cc3s2)cc1. The van der Waals surface area contributed by atoms with Crippen LogP contribution in [-0.4, -0.2) is 29.1 Å². The Balaban J connectivity index is 1.73. The first-order valence-electron chi connectivity index (χ1n) is 8.77. The third-order valence-electron chi connectivity index (χ3n) is 4.14. The minimum absolute atomic E-state index is 0.128. The molecule has 0 atom stereocenters. The van der Waals surface area contributed by atoms with Crippen molar-refractivity contribution in [2.24, 2.45) is 5.10 Å². The van der Waals surface area contributed by atoms with Crippen LogP contribution in [-0.2, 0) is 0 Å². The number of amides is 1. The van der Waals surface area contributed by atoms with E-state index in [1.165, 1.54) is 36.8 Å². The largest absolute Gasteiger partial charge is 0.497 e. The first kappa shape index (κ1) is 20.7. The number of hydrogen-bond donors (Lipinski definition) is 0. The van der Waals surface area contributed by atoms with Gasteiger partial charge in [0.05, 0.1) is 29.6 Å². The quantitative estimate of drug-likeness (QED) is 0.203. The highest BCUT2D eigenvalue weighted by molar-refractivity contribution is 9.10. The molecule has 0 aliphatic carbocycles. The molecule has 0 saturated heterocycles. The van der Waals surface area contributed by atoms with Crippen LogP contribution in [0.1, 0.15) is 16.1 Å². The van der Waals surface area contributed by atoms with Gasteiger partial charge in [0, 0.05) is 10.0 Å². The van der Waals surface area contributed by atoms with Gasteiger partial charge in [0.1, 0.15) is 10.7 Å². The van der Waals surface area contributed by atoms with Crippen molar-refractivity contribution in [3.8, 4) is 5.75 Å². The average molecular weight is 501 g/mol. The summed E-state index contributed by atoms with van der Waals surface area (Å²) in [5.41, 5.74) is 1.07. The van der Waals surface area contributed by atoms with Crippen molar-refractivity contribution in [3.05, 3.63) is 80.5 Å². The van der Waals surface area contributed by atoms with Crippen LogP contribution in [0.3, 0.4) is 0 Å². The number of carbonyl (C=O) groups is 1. The van der Waals surface area contributed by atoms with Crippen molar-refractivity contribution in [2.45, 2.75) is 0 Å². The Morgan fingerprint density at radius 1 is 1.26 bits per heavy atom. The minimum atomic E-state index is -0.650. The second-order valence-corrected chi connectivity index (χ2v) is 8.06. The molecule has 2 aromatic carbocycles. The Hall–Kier alpha value is -3.57. The van der Waals surface area contributed by atoms with Crippen LogP contribution in [0.4, 0.5) is 11.0 Å². The van der Waals surface area contributed by atoms with E-state index >= 15 is 0 Å². The van der Waals surface area contributed by atoms with Crippen molar-refractivity contribution in [1.82, 2.24) is 4.98 Å². The van der Waals surface area contributed by atoms with Gasteiger partial charge in [-0.2, -0.15) is 10.1 Å². The number of hydrogen-bond acceptors (Lipinski definition) is 8. The predicted octanol–water partition coefficient (Wildman–Crippen LogP) is 5.25. The number of halogens is 1. The summed E-state index contributed by atoms with van der Waals surface area (Å²) in [6.07, 6.45) is 1.23. The molecule has 11 heteroatoms. The van der Waals surface area contributed by atoms with Crippen molar-refractivity contribution < 1.29 is 18.9 Å². The molecule has 9 nitrogen and oxygen atoms in total. The average Bonchev–Trinajstić information content (AvgIpc) is 3.41. The lowest BCUT2D eigenvalue weighted by Gasteiger charge is -2.13. The Morgan fingerprint density at radius 3 is 2.71 bits per heavy atom. The van der Waals surface area contributed by atoms with Gasteiger partial charge in [-0.25, -0.2) is 4.98 Å². The van der Waals surface area contributed by atoms with E-state index in [2.05, 4.69) is 26.0 Å². The van der Waals surface area contributed by atoms with Crippen molar-refractivity contribution in [2.75, 3.05) is 12.1 Å². The molecule has 0 bridgehead atoms. The maximum atomic E-state index is 13.2. The van der Waals surface area contributed by atoms with Gasteiger partial charge < -0.3 is 9.15 Å². The molecule has 1 amide bonds. The van der Waals surface area contributed by atoms with Gasteiger partial charge >= 0.3 is 5.88 Å². The summed E-state index contributed by atoms with van der Waals surface area (Å²) in [4.78, 5) is 27.9. The highest BCUT2D eigenvalue weighted by Crippen LogP contribution is 2.32. The highest BCUT2D eigenvalue weighted by atomic mass is 79.9. The zero-order valence-corrected chi connectivity index (χ0v) is 18.3. The number of methoxy groups -OCH3 is 1. The number of ether oxygens (including phenoxy) is 1. The van der Waals surface area contributed by atoms with E-state index in [1.54, 1.807) is 24.3 Å². The molecule has 0 N–H and O–H groups in total. The molecule has 156 valence electrons. The van der Waals surface area contributed by atoms with E-state index < -0.39 is 16.7 Å². The molecule has 0 saturated carbocycles. The van der Waals surface area contributed by atoms with Crippen LogP contribution in [0.5, 0.6) is 5.75 Å².